The zero-order valence-electron chi connectivity index (χ0n) is 11.3. The normalized spacial score (nSPS) is 19.1. The van der Waals surface area contributed by atoms with E-state index in [1.165, 1.54) is 4.90 Å². The van der Waals surface area contributed by atoms with Crippen molar-refractivity contribution in [3.63, 3.8) is 0 Å². The van der Waals surface area contributed by atoms with Crippen molar-refractivity contribution in [2.24, 2.45) is 0 Å². The molecule has 1 aliphatic rings. The number of rotatable bonds is 4. The number of hydrogen-bond donors (Lipinski definition) is 1. The van der Waals surface area contributed by atoms with Gasteiger partial charge in [-0.25, -0.2) is 0 Å². The van der Waals surface area contributed by atoms with E-state index in [2.05, 4.69) is 33.8 Å². The highest BCUT2D eigenvalue weighted by Gasteiger charge is 2.17. The SMILES string of the molecule is CSc1ccc(-c2noc(CC3COCCN3)n2)cc1. The second kappa shape index (κ2) is 6.39. The van der Waals surface area contributed by atoms with E-state index in [0.717, 1.165) is 18.7 Å². The van der Waals surface area contributed by atoms with Crippen LogP contribution in [0.15, 0.2) is 33.7 Å². The zero-order valence-corrected chi connectivity index (χ0v) is 12.2. The van der Waals surface area contributed by atoms with Gasteiger partial charge in [0.2, 0.25) is 11.7 Å². The lowest BCUT2D eigenvalue weighted by molar-refractivity contribution is 0.0744. The second-order valence-corrected chi connectivity index (χ2v) is 5.55. The first kappa shape index (κ1) is 13.6. The minimum absolute atomic E-state index is 0.260. The van der Waals surface area contributed by atoms with Crippen molar-refractivity contribution in [3.8, 4) is 11.4 Å². The summed E-state index contributed by atoms with van der Waals surface area (Å²) in [6.07, 6.45) is 2.76. The molecule has 106 valence electrons. The van der Waals surface area contributed by atoms with Crippen LogP contribution in [-0.2, 0) is 11.2 Å². The van der Waals surface area contributed by atoms with Crippen LogP contribution in [0.5, 0.6) is 0 Å². The third-order valence-corrected chi connectivity index (χ3v) is 3.98. The third kappa shape index (κ3) is 3.20. The summed E-state index contributed by atoms with van der Waals surface area (Å²) in [7, 11) is 0. The maximum Gasteiger partial charge on any atom is 0.228 e. The van der Waals surface area contributed by atoms with Crippen molar-refractivity contribution in [2.45, 2.75) is 17.4 Å². The molecule has 0 radical (unpaired) electrons. The van der Waals surface area contributed by atoms with Gasteiger partial charge >= 0.3 is 0 Å². The molecule has 3 rings (SSSR count). The Labute approximate surface area is 122 Å². The van der Waals surface area contributed by atoms with E-state index >= 15 is 0 Å². The lowest BCUT2D eigenvalue weighted by Gasteiger charge is -2.22. The van der Waals surface area contributed by atoms with E-state index in [9.17, 15) is 0 Å². The molecule has 1 fully saturated rings. The molecule has 1 aromatic carbocycles. The molecule has 20 heavy (non-hydrogen) atoms. The van der Waals surface area contributed by atoms with Crippen molar-refractivity contribution >= 4 is 11.8 Å². The highest BCUT2D eigenvalue weighted by molar-refractivity contribution is 7.98. The van der Waals surface area contributed by atoms with Crippen molar-refractivity contribution < 1.29 is 9.26 Å². The first-order chi connectivity index (χ1) is 9.85. The molecule has 0 amide bonds. The van der Waals surface area contributed by atoms with Gasteiger partial charge < -0.3 is 14.6 Å². The number of ether oxygens (including phenoxy) is 1. The Morgan fingerprint density at radius 2 is 2.20 bits per heavy atom. The predicted molar refractivity (Wildman–Crippen MR) is 77.8 cm³/mol. The van der Waals surface area contributed by atoms with E-state index in [-0.39, 0.29) is 6.04 Å². The van der Waals surface area contributed by atoms with Gasteiger partial charge in [0, 0.05) is 29.5 Å². The molecule has 2 heterocycles. The third-order valence-electron chi connectivity index (χ3n) is 3.24. The Morgan fingerprint density at radius 3 is 2.90 bits per heavy atom. The van der Waals surface area contributed by atoms with Gasteiger partial charge in [-0.3, -0.25) is 0 Å². The molecule has 1 aromatic heterocycles. The first-order valence-corrected chi connectivity index (χ1v) is 7.86. The largest absolute Gasteiger partial charge is 0.378 e. The van der Waals surface area contributed by atoms with E-state index in [1.807, 2.05) is 12.1 Å². The zero-order chi connectivity index (χ0) is 13.8. The molecule has 1 N–H and O–H groups in total. The van der Waals surface area contributed by atoms with Gasteiger partial charge in [0.25, 0.3) is 0 Å². The maximum absolute atomic E-state index is 5.42. The Hall–Kier alpha value is -1.37. The number of nitrogens with one attached hydrogen (secondary N) is 1. The predicted octanol–water partition coefficient (Wildman–Crippen LogP) is 1.99. The van der Waals surface area contributed by atoms with Gasteiger partial charge in [0.1, 0.15) is 0 Å². The van der Waals surface area contributed by atoms with Crippen LogP contribution in [0.1, 0.15) is 5.89 Å². The van der Waals surface area contributed by atoms with Gasteiger partial charge in [-0.1, -0.05) is 5.16 Å². The average molecular weight is 291 g/mol. The Balaban J connectivity index is 1.68. The number of hydrogen-bond acceptors (Lipinski definition) is 6. The van der Waals surface area contributed by atoms with E-state index in [4.69, 9.17) is 9.26 Å². The lowest BCUT2D eigenvalue weighted by Crippen LogP contribution is -2.42. The van der Waals surface area contributed by atoms with Crippen molar-refractivity contribution in [3.05, 3.63) is 30.2 Å². The minimum atomic E-state index is 0.260. The quantitative estimate of drug-likeness (QED) is 0.869. The Bertz CT molecular complexity index is 550. The molecule has 6 heteroatoms. The maximum atomic E-state index is 5.42. The molecule has 0 bridgehead atoms. The fourth-order valence-corrected chi connectivity index (χ4v) is 2.56. The molecule has 0 saturated carbocycles. The number of aromatic nitrogens is 2. The topological polar surface area (TPSA) is 60.2 Å². The summed E-state index contributed by atoms with van der Waals surface area (Å²) in [5, 5.41) is 7.42. The summed E-state index contributed by atoms with van der Waals surface area (Å²) in [4.78, 5) is 5.67. The van der Waals surface area contributed by atoms with Crippen LogP contribution in [0.3, 0.4) is 0 Å². The molecule has 0 aliphatic carbocycles. The van der Waals surface area contributed by atoms with Gasteiger partial charge in [-0.15, -0.1) is 11.8 Å². The van der Waals surface area contributed by atoms with E-state index in [1.54, 1.807) is 11.8 Å². The molecular formula is C14H17N3O2S. The first-order valence-electron chi connectivity index (χ1n) is 6.63. The molecule has 1 aliphatic heterocycles. The van der Waals surface area contributed by atoms with Crippen LogP contribution in [0.2, 0.25) is 0 Å². The summed E-state index contributed by atoms with van der Waals surface area (Å²) < 4.78 is 10.7. The molecule has 1 atom stereocenters. The van der Waals surface area contributed by atoms with Crippen LogP contribution >= 0.6 is 11.8 Å². The minimum Gasteiger partial charge on any atom is -0.378 e. The summed E-state index contributed by atoms with van der Waals surface area (Å²) in [6, 6.07) is 8.42. The number of benzene rings is 1. The van der Waals surface area contributed by atoms with Crippen molar-refractivity contribution in [2.75, 3.05) is 26.0 Å². The van der Waals surface area contributed by atoms with Crippen LogP contribution in [-0.4, -0.2) is 42.2 Å². The standard InChI is InChI=1S/C14H17N3O2S/c1-20-12-4-2-10(3-5-12)14-16-13(19-17-14)8-11-9-18-7-6-15-11/h2-5,11,15H,6-9H2,1H3. The fourth-order valence-electron chi connectivity index (χ4n) is 2.16. The molecule has 5 nitrogen and oxygen atoms in total. The Kier molecular flexibility index (Phi) is 4.34. The number of morpholine rings is 1. The average Bonchev–Trinajstić information content (AvgIpc) is 2.97. The van der Waals surface area contributed by atoms with E-state index < -0.39 is 0 Å². The monoisotopic (exact) mass is 291 g/mol. The van der Waals surface area contributed by atoms with Crippen LogP contribution in [0.25, 0.3) is 11.4 Å². The van der Waals surface area contributed by atoms with E-state index in [0.29, 0.717) is 24.7 Å². The van der Waals surface area contributed by atoms with Crippen molar-refractivity contribution in [1.29, 1.82) is 0 Å². The van der Waals surface area contributed by atoms with Gasteiger partial charge in [-0.05, 0) is 30.5 Å². The highest BCUT2D eigenvalue weighted by atomic mass is 32.2. The molecule has 2 aromatic rings. The van der Waals surface area contributed by atoms with Gasteiger partial charge in [0.05, 0.1) is 13.2 Å². The van der Waals surface area contributed by atoms with Gasteiger partial charge in [-0.2, -0.15) is 4.98 Å². The lowest BCUT2D eigenvalue weighted by atomic mass is 10.2. The van der Waals surface area contributed by atoms with Gasteiger partial charge in [0.15, 0.2) is 0 Å². The summed E-state index contributed by atoms with van der Waals surface area (Å²) in [6.45, 7) is 2.34. The second-order valence-electron chi connectivity index (χ2n) is 4.67. The summed E-state index contributed by atoms with van der Waals surface area (Å²) >= 11 is 1.71. The summed E-state index contributed by atoms with van der Waals surface area (Å²) in [5.41, 5.74) is 0.977. The molecular weight excluding hydrogens is 274 g/mol. The fraction of sp³-hybridized carbons (Fsp3) is 0.429. The summed E-state index contributed by atoms with van der Waals surface area (Å²) in [5.74, 6) is 1.29. The number of nitrogens with zero attached hydrogens (tertiary/aromatic N) is 2. The smallest absolute Gasteiger partial charge is 0.228 e. The molecule has 0 spiro atoms. The van der Waals surface area contributed by atoms with Crippen LogP contribution < -0.4 is 5.32 Å². The highest BCUT2D eigenvalue weighted by Crippen LogP contribution is 2.21. The molecule has 1 unspecified atom stereocenters. The van der Waals surface area contributed by atoms with Crippen LogP contribution in [0.4, 0.5) is 0 Å². The Morgan fingerprint density at radius 1 is 1.35 bits per heavy atom. The number of thioether (sulfide) groups is 1. The van der Waals surface area contributed by atoms with Crippen LogP contribution in [0, 0.1) is 0 Å². The molecule has 1 saturated heterocycles. The van der Waals surface area contributed by atoms with Crippen molar-refractivity contribution in [1.82, 2.24) is 15.5 Å².